The Hall–Kier alpha value is -2.15. The molecule has 2 aromatic rings. The first-order valence-corrected chi connectivity index (χ1v) is 11.0. The van der Waals surface area contributed by atoms with Crippen LogP contribution < -0.4 is 5.32 Å². The molecule has 0 bridgehead atoms. The van der Waals surface area contributed by atoms with E-state index >= 15 is 0 Å². The lowest BCUT2D eigenvalue weighted by Gasteiger charge is -2.21. The summed E-state index contributed by atoms with van der Waals surface area (Å²) in [6, 6.07) is 10.00. The van der Waals surface area contributed by atoms with Gasteiger partial charge in [0.15, 0.2) is 5.96 Å². The van der Waals surface area contributed by atoms with Crippen molar-refractivity contribution >= 4 is 16.8 Å². The number of likely N-dealkylation sites (tertiary alicyclic amines) is 1. The van der Waals surface area contributed by atoms with E-state index in [4.69, 9.17) is 4.99 Å². The lowest BCUT2D eigenvalue weighted by molar-refractivity contribution is 0.487. The Morgan fingerprint density at radius 1 is 1.37 bits per heavy atom. The molecule has 1 saturated heterocycles. The van der Waals surface area contributed by atoms with Crippen LogP contribution in [0.1, 0.15) is 30.4 Å². The molecule has 0 radical (unpaired) electrons. The zero-order valence-electron chi connectivity index (χ0n) is 16.2. The van der Waals surface area contributed by atoms with Crippen molar-refractivity contribution in [1.82, 2.24) is 20.0 Å². The minimum Gasteiger partial charge on any atom is -0.357 e. The fourth-order valence-corrected chi connectivity index (χ4v) is 4.39. The third kappa shape index (κ3) is 5.66. The zero-order chi connectivity index (χ0) is 19.1. The molecule has 7 heteroatoms. The maximum absolute atomic E-state index is 12.3. The normalized spacial score (nSPS) is 18.7. The molecule has 2 unspecified atom stereocenters. The van der Waals surface area contributed by atoms with Gasteiger partial charge in [0, 0.05) is 61.1 Å². The molecule has 6 nitrogen and oxygen atoms in total. The second-order valence-electron chi connectivity index (χ2n) is 6.89. The highest BCUT2D eigenvalue weighted by atomic mass is 32.2. The zero-order valence-corrected chi connectivity index (χ0v) is 17.0. The predicted molar refractivity (Wildman–Crippen MR) is 111 cm³/mol. The third-order valence-corrected chi connectivity index (χ3v) is 6.06. The molecular formula is C20H29N5OS. The van der Waals surface area contributed by atoms with Gasteiger partial charge in [0.1, 0.15) is 0 Å². The molecule has 1 N–H and O–H groups in total. The number of nitrogens with one attached hydrogen (secondary N) is 1. The summed E-state index contributed by atoms with van der Waals surface area (Å²) in [6.07, 6.45) is 5.17. The maximum atomic E-state index is 12.3. The quantitative estimate of drug-likeness (QED) is 0.584. The molecule has 0 aliphatic carbocycles. The fraction of sp³-hybridized carbons (Fsp3) is 0.500. The summed E-state index contributed by atoms with van der Waals surface area (Å²) in [4.78, 5) is 7.03. The van der Waals surface area contributed by atoms with E-state index < -0.39 is 10.8 Å². The Morgan fingerprint density at radius 2 is 2.19 bits per heavy atom. The molecule has 27 heavy (non-hydrogen) atoms. The molecule has 0 spiro atoms. The number of hydrogen-bond acceptors (Lipinski definition) is 3. The third-order valence-electron chi connectivity index (χ3n) is 4.77. The minimum absolute atomic E-state index is 0.495. The van der Waals surface area contributed by atoms with E-state index in [2.05, 4.69) is 28.4 Å². The first-order chi connectivity index (χ1) is 13.2. The van der Waals surface area contributed by atoms with E-state index in [9.17, 15) is 4.21 Å². The van der Waals surface area contributed by atoms with Crippen molar-refractivity contribution in [3.8, 4) is 0 Å². The van der Waals surface area contributed by atoms with E-state index in [1.165, 1.54) is 5.56 Å². The van der Waals surface area contributed by atoms with E-state index in [0.29, 0.717) is 24.0 Å². The highest BCUT2D eigenvalue weighted by Crippen LogP contribution is 2.26. The van der Waals surface area contributed by atoms with Crippen molar-refractivity contribution in [3.05, 3.63) is 53.9 Å². The number of hydrogen-bond donors (Lipinski definition) is 1. The van der Waals surface area contributed by atoms with Crippen LogP contribution in [0.2, 0.25) is 0 Å². The second-order valence-corrected chi connectivity index (χ2v) is 8.47. The molecule has 3 rings (SSSR count). The van der Waals surface area contributed by atoms with Crippen molar-refractivity contribution < 1.29 is 4.21 Å². The van der Waals surface area contributed by atoms with Crippen LogP contribution in [0.4, 0.5) is 0 Å². The van der Waals surface area contributed by atoms with Crippen LogP contribution in [0.15, 0.2) is 47.7 Å². The largest absolute Gasteiger partial charge is 0.357 e. The Kier molecular flexibility index (Phi) is 7.04. The molecule has 0 amide bonds. The number of rotatable bonds is 7. The summed E-state index contributed by atoms with van der Waals surface area (Å²) in [5, 5.41) is 7.67. The number of aliphatic imine (C=N–C) groups is 1. The predicted octanol–water partition coefficient (Wildman–Crippen LogP) is 2.12. The molecule has 1 aliphatic rings. The molecule has 1 aromatic heterocycles. The van der Waals surface area contributed by atoms with Crippen molar-refractivity contribution in [3.63, 3.8) is 0 Å². The Bertz CT molecular complexity index is 774. The number of aromatic nitrogens is 2. The van der Waals surface area contributed by atoms with Crippen LogP contribution in [0.5, 0.6) is 0 Å². The molecule has 1 fully saturated rings. The maximum Gasteiger partial charge on any atom is 0.193 e. The van der Waals surface area contributed by atoms with Gasteiger partial charge in [-0.2, -0.15) is 5.10 Å². The Morgan fingerprint density at radius 3 is 2.89 bits per heavy atom. The number of benzene rings is 1. The van der Waals surface area contributed by atoms with Crippen molar-refractivity contribution in [2.75, 3.05) is 31.9 Å². The van der Waals surface area contributed by atoms with E-state index in [1.54, 1.807) is 0 Å². The monoisotopic (exact) mass is 387 g/mol. The molecule has 146 valence electrons. The van der Waals surface area contributed by atoms with Gasteiger partial charge in [-0.15, -0.1) is 0 Å². The number of guanidine groups is 1. The topological polar surface area (TPSA) is 62.5 Å². The van der Waals surface area contributed by atoms with Crippen LogP contribution in [0.3, 0.4) is 0 Å². The molecule has 1 aromatic carbocycles. The first kappa shape index (κ1) is 19.6. The van der Waals surface area contributed by atoms with E-state index in [0.717, 1.165) is 37.6 Å². The molecular weight excluding hydrogens is 358 g/mol. The summed E-state index contributed by atoms with van der Waals surface area (Å²) < 4.78 is 14.2. The van der Waals surface area contributed by atoms with Crippen molar-refractivity contribution in [2.24, 2.45) is 12.0 Å². The lowest BCUT2D eigenvalue weighted by atomic mass is 10.0. The highest BCUT2D eigenvalue weighted by Gasteiger charge is 2.26. The number of aryl methyl sites for hydroxylation is 1. The minimum atomic E-state index is -0.891. The summed E-state index contributed by atoms with van der Waals surface area (Å²) in [7, 11) is 1.06. The van der Waals surface area contributed by atoms with Gasteiger partial charge in [-0.3, -0.25) is 13.9 Å². The van der Waals surface area contributed by atoms with Crippen LogP contribution in [0, 0.1) is 0 Å². The Labute approximate surface area is 164 Å². The van der Waals surface area contributed by atoms with Crippen LogP contribution in [-0.4, -0.2) is 56.8 Å². The van der Waals surface area contributed by atoms with Gasteiger partial charge < -0.3 is 10.2 Å². The van der Waals surface area contributed by atoms with Crippen LogP contribution in [0.25, 0.3) is 0 Å². The molecule has 2 atom stereocenters. The van der Waals surface area contributed by atoms with E-state index in [-0.39, 0.29) is 0 Å². The van der Waals surface area contributed by atoms with Gasteiger partial charge in [-0.1, -0.05) is 30.3 Å². The second kappa shape index (κ2) is 9.69. The van der Waals surface area contributed by atoms with Gasteiger partial charge in [0.2, 0.25) is 0 Å². The van der Waals surface area contributed by atoms with Crippen LogP contribution in [-0.2, 0) is 23.6 Å². The van der Waals surface area contributed by atoms with Gasteiger partial charge in [0.05, 0.1) is 12.7 Å². The van der Waals surface area contributed by atoms with Gasteiger partial charge in [-0.05, 0) is 24.5 Å². The Balaban J connectivity index is 1.53. The smallest absolute Gasteiger partial charge is 0.193 e. The summed E-state index contributed by atoms with van der Waals surface area (Å²) in [6.45, 7) is 5.43. The van der Waals surface area contributed by atoms with Crippen molar-refractivity contribution in [1.29, 1.82) is 0 Å². The van der Waals surface area contributed by atoms with E-state index in [1.807, 2.05) is 48.3 Å². The molecule has 0 saturated carbocycles. The molecule has 2 heterocycles. The average Bonchev–Trinajstić information content (AvgIpc) is 3.31. The average molecular weight is 388 g/mol. The highest BCUT2D eigenvalue weighted by molar-refractivity contribution is 7.84. The first-order valence-electron chi connectivity index (χ1n) is 9.56. The molecule has 1 aliphatic heterocycles. The SMILES string of the molecule is CCNC(=NCCS(=O)Cc1ccccc1)N1CCC(c2cnn(C)c2)C1. The summed E-state index contributed by atoms with van der Waals surface area (Å²) in [5.74, 6) is 2.61. The number of nitrogens with zero attached hydrogens (tertiary/aromatic N) is 4. The lowest BCUT2D eigenvalue weighted by Crippen LogP contribution is -2.40. The summed E-state index contributed by atoms with van der Waals surface area (Å²) >= 11 is 0. The van der Waals surface area contributed by atoms with Gasteiger partial charge in [-0.25, -0.2) is 0 Å². The van der Waals surface area contributed by atoms with Crippen LogP contribution >= 0.6 is 0 Å². The summed E-state index contributed by atoms with van der Waals surface area (Å²) in [5.41, 5.74) is 2.41. The fourth-order valence-electron chi connectivity index (χ4n) is 3.39. The van der Waals surface area contributed by atoms with Gasteiger partial charge in [0.25, 0.3) is 0 Å². The van der Waals surface area contributed by atoms with Crippen molar-refractivity contribution in [2.45, 2.75) is 25.0 Å². The van der Waals surface area contributed by atoms with Gasteiger partial charge >= 0.3 is 0 Å². The standard InChI is InChI=1S/C20H29N5OS/c1-3-21-20(22-10-12-27(26)16-17-7-5-4-6-8-17)25-11-9-18(15-25)19-13-23-24(2)14-19/h4-8,13-14,18H,3,9-12,15-16H2,1-2H3,(H,21,22).